The van der Waals surface area contributed by atoms with E-state index in [4.69, 9.17) is 25.4 Å². The minimum absolute atomic E-state index is 0.126. The first-order valence-electron chi connectivity index (χ1n) is 7.81. The molecule has 0 unspecified atom stereocenters. The maximum atomic E-state index is 12.5. The van der Waals surface area contributed by atoms with E-state index < -0.39 is 0 Å². The normalized spacial score (nSPS) is 10.2. The van der Waals surface area contributed by atoms with Crippen LogP contribution in [0.1, 0.15) is 15.9 Å². The molecular formula is C21H20O5. The van der Waals surface area contributed by atoms with Gasteiger partial charge in [-0.25, -0.2) is 0 Å². The molecule has 2 aromatic carbocycles. The van der Waals surface area contributed by atoms with Crippen molar-refractivity contribution in [3.05, 3.63) is 53.6 Å². The van der Waals surface area contributed by atoms with Gasteiger partial charge in [0, 0.05) is 17.2 Å². The second-order valence-electron chi connectivity index (χ2n) is 5.16. The molecule has 0 saturated carbocycles. The summed E-state index contributed by atoms with van der Waals surface area (Å²) in [6, 6.07) is 10.3. The van der Waals surface area contributed by atoms with E-state index in [1.165, 1.54) is 13.2 Å². The predicted molar refractivity (Wildman–Crippen MR) is 100 cm³/mol. The molecular weight excluding hydrogens is 332 g/mol. The molecule has 0 bridgehead atoms. The lowest BCUT2D eigenvalue weighted by Gasteiger charge is -2.09. The van der Waals surface area contributed by atoms with E-state index in [-0.39, 0.29) is 12.4 Å². The molecule has 0 fully saturated rings. The molecule has 0 aromatic heterocycles. The van der Waals surface area contributed by atoms with E-state index >= 15 is 0 Å². The molecule has 2 aromatic rings. The number of hydrogen-bond acceptors (Lipinski definition) is 5. The van der Waals surface area contributed by atoms with E-state index in [1.807, 2.05) is 6.07 Å². The van der Waals surface area contributed by atoms with Crippen molar-refractivity contribution in [3.63, 3.8) is 0 Å². The Hall–Kier alpha value is -3.39. The number of ketones is 1. The van der Waals surface area contributed by atoms with E-state index in [9.17, 15) is 4.79 Å². The average molecular weight is 352 g/mol. The third-order valence-corrected chi connectivity index (χ3v) is 3.61. The van der Waals surface area contributed by atoms with Crippen LogP contribution in [0.25, 0.3) is 6.08 Å². The zero-order valence-electron chi connectivity index (χ0n) is 14.9. The first kappa shape index (κ1) is 18.9. The monoisotopic (exact) mass is 352 g/mol. The highest BCUT2D eigenvalue weighted by atomic mass is 16.5. The highest BCUT2D eigenvalue weighted by molar-refractivity contribution is 6.07. The SMILES string of the molecule is C#CCOc1ccc(C(=O)/C=C/c2ccc(OC)cc2OC)cc1OC. The Balaban J connectivity index is 2.22. The van der Waals surface area contributed by atoms with Gasteiger partial charge in [0.25, 0.3) is 0 Å². The number of carbonyl (C=O) groups is 1. The van der Waals surface area contributed by atoms with Crippen LogP contribution in [0.15, 0.2) is 42.5 Å². The summed E-state index contributed by atoms with van der Waals surface area (Å²) < 4.78 is 21.1. The third-order valence-electron chi connectivity index (χ3n) is 3.61. The lowest BCUT2D eigenvalue weighted by molar-refractivity contribution is 0.104. The van der Waals surface area contributed by atoms with Crippen LogP contribution in [0.2, 0.25) is 0 Å². The minimum Gasteiger partial charge on any atom is -0.497 e. The summed E-state index contributed by atoms with van der Waals surface area (Å²) in [6.45, 7) is 0.126. The summed E-state index contributed by atoms with van der Waals surface area (Å²) in [7, 11) is 4.65. The molecule has 0 saturated heterocycles. The van der Waals surface area contributed by atoms with Crippen molar-refractivity contribution in [3.8, 4) is 35.3 Å². The van der Waals surface area contributed by atoms with Crippen LogP contribution >= 0.6 is 0 Å². The molecule has 2 rings (SSSR count). The van der Waals surface area contributed by atoms with Gasteiger partial charge < -0.3 is 18.9 Å². The van der Waals surface area contributed by atoms with Gasteiger partial charge in [-0.15, -0.1) is 6.42 Å². The number of hydrogen-bond donors (Lipinski definition) is 0. The summed E-state index contributed by atoms with van der Waals surface area (Å²) >= 11 is 0. The average Bonchev–Trinajstić information content (AvgIpc) is 2.69. The fourth-order valence-electron chi connectivity index (χ4n) is 2.28. The molecule has 0 N–H and O–H groups in total. The van der Waals surface area contributed by atoms with Gasteiger partial charge in [-0.3, -0.25) is 4.79 Å². The molecule has 0 heterocycles. The van der Waals surface area contributed by atoms with Gasteiger partial charge in [-0.1, -0.05) is 5.92 Å². The van der Waals surface area contributed by atoms with Crippen LogP contribution in [0, 0.1) is 12.3 Å². The minimum atomic E-state index is -0.176. The van der Waals surface area contributed by atoms with Crippen molar-refractivity contribution in [2.24, 2.45) is 0 Å². The number of carbonyl (C=O) groups excluding carboxylic acids is 1. The molecule has 0 aliphatic rings. The lowest BCUT2D eigenvalue weighted by Crippen LogP contribution is -2.00. The molecule has 0 radical (unpaired) electrons. The second kappa shape index (κ2) is 9.19. The molecule has 0 aliphatic heterocycles. The zero-order valence-corrected chi connectivity index (χ0v) is 14.9. The largest absolute Gasteiger partial charge is 0.497 e. The van der Waals surface area contributed by atoms with Gasteiger partial charge in [0.2, 0.25) is 0 Å². The Morgan fingerprint density at radius 3 is 2.42 bits per heavy atom. The fraction of sp³-hybridized carbons (Fsp3) is 0.190. The van der Waals surface area contributed by atoms with Gasteiger partial charge in [0.05, 0.1) is 21.3 Å². The Kier molecular flexibility index (Phi) is 6.69. The first-order valence-corrected chi connectivity index (χ1v) is 7.81. The van der Waals surface area contributed by atoms with Crippen LogP contribution in [0.5, 0.6) is 23.0 Å². The van der Waals surface area contributed by atoms with Gasteiger partial charge in [-0.2, -0.15) is 0 Å². The van der Waals surface area contributed by atoms with Crippen molar-refractivity contribution in [2.75, 3.05) is 27.9 Å². The maximum Gasteiger partial charge on any atom is 0.185 e. The first-order chi connectivity index (χ1) is 12.6. The second-order valence-corrected chi connectivity index (χ2v) is 5.16. The molecule has 5 heteroatoms. The molecule has 0 amide bonds. The van der Waals surface area contributed by atoms with Crippen LogP contribution in [-0.2, 0) is 0 Å². The van der Waals surface area contributed by atoms with Crippen molar-refractivity contribution >= 4 is 11.9 Å². The van der Waals surface area contributed by atoms with Crippen LogP contribution in [0.3, 0.4) is 0 Å². The Morgan fingerprint density at radius 2 is 1.77 bits per heavy atom. The summed E-state index contributed by atoms with van der Waals surface area (Å²) in [4.78, 5) is 12.5. The van der Waals surface area contributed by atoms with Gasteiger partial charge in [0.1, 0.15) is 18.1 Å². The number of benzene rings is 2. The summed E-state index contributed by atoms with van der Waals surface area (Å²) in [6.07, 6.45) is 8.35. The number of allylic oxidation sites excluding steroid dienone is 1. The van der Waals surface area contributed by atoms with Crippen molar-refractivity contribution in [1.82, 2.24) is 0 Å². The summed E-state index contributed by atoms with van der Waals surface area (Å²) in [5.41, 5.74) is 1.24. The molecule has 0 aliphatic carbocycles. The van der Waals surface area contributed by atoms with Gasteiger partial charge in [0.15, 0.2) is 17.3 Å². The quantitative estimate of drug-likeness (QED) is 0.413. The smallest absolute Gasteiger partial charge is 0.185 e. The number of methoxy groups -OCH3 is 3. The van der Waals surface area contributed by atoms with E-state index in [1.54, 1.807) is 50.6 Å². The van der Waals surface area contributed by atoms with Gasteiger partial charge >= 0.3 is 0 Å². The molecule has 134 valence electrons. The Labute approximate surface area is 153 Å². The van der Waals surface area contributed by atoms with E-state index in [0.717, 1.165) is 5.56 Å². The van der Waals surface area contributed by atoms with Crippen LogP contribution in [0.4, 0.5) is 0 Å². The summed E-state index contributed by atoms with van der Waals surface area (Å²) in [5.74, 6) is 4.44. The molecule has 0 spiro atoms. The van der Waals surface area contributed by atoms with E-state index in [2.05, 4.69) is 5.92 Å². The number of terminal acetylenes is 1. The lowest BCUT2D eigenvalue weighted by atomic mass is 10.1. The summed E-state index contributed by atoms with van der Waals surface area (Å²) in [5, 5.41) is 0. The topological polar surface area (TPSA) is 54.0 Å². The third kappa shape index (κ3) is 4.58. The predicted octanol–water partition coefficient (Wildman–Crippen LogP) is 3.62. The highest BCUT2D eigenvalue weighted by Crippen LogP contribution is 2.29. The molecule has 0 atom stereocenters. The van der Waals surface area contributed by atoms with Crippen LogP contribution in [-0.4, -0.2) is 33.7 Å². The Morgan fingerprint density at radius 1 is 1.00 bits per heavy atom. The number of ether oxygens (including phenoxy) is 4. The molecule has 5 nitrogen and oxygen atoms in total. The fourth-order valence-corrected chi connectivity index (χ4v) is 2.28. The number of rotatable bonds is 8. The van der Waals surface area contributed by atoms with E-state index in [0.29, 0.717) is 28.6 Å². The van der Waals surface area contributed by atoms with Crippen molar-refractivity contribution in [2.45, 2.75) is 0 Å². The standard InChI is InChI=1S/C21H20O5/c1-5-12-26-19-11-8-16(13-21(19)25-4)18(22)10-7-15-6-9-17(23-2)14-20(15)24-3/h1,6-11,13-14H,12H2,2-4H3/b10-7+. The Bertz CT molecular complexity index is 846. The zero-order chi connectivity index (χ0) is 18.9. The van der Waals surface area contributed by atoms with Crippen LogP contribution < -0.4 is 18.9 Å². The van der Waals surface area contributed by atoms with Gasteiger partial charge in [-0.05, 0) is 42.5 Å². The van der Waals surface area contributed by atoms with Crippen molar-refractivity contribution < 1.29 is 23.7 Å². The van der Waals surface area contributed by atoms with Crippen molar-refractivity contribution in [1.29, 1.82) is 0 Å². The molecule has 26 heavy (non-hydrogen) atoms. The highest BCUT2D eigenvalue weighted by Gasteiger charge is 2.10. The maximum absolute atomic E-state index is 12.5.